The average molecular weight is 201 g/mol. The van der Waals surface area contributed by atoms with Gasteiger partial charge in [0.05, 0.1) is 6.61 Å². The summed E-state index contributed by atoms with van der Waals surface area (Å²) in [5, 5.41) is 0. The molecule has 0 amide bonds. The van der Waals surface area contributed by atoms with E-state index in [9.17, 15) is 0 Å². The normalized spacial score (nSPS) is 13.5. The molecule has 0 saturated carbocycles. The van der Waals surface area contributed by atoms with Crippen molar-refractivity contribution in [2.75, 3.05) is 26.8 Å². The first-order chi connectivity index (χ1) is 6.76. The lowest BCUT2D eigenvalue weighted by molar-refractivity contribution is 0.120. The van der Waals surface area contributed by atoms with E-state index in [1.807, 2.05) is 0 Å². The van der Waals surface area contributed by atoms with Gasteiger partial charge in [0.2, 0.25) is 0 Å². The third-order valence-corrected chi connectivity index (χ3v) is 2.69. The summed E-state index contributed by atoms with van der Waals surface area (Å²) >= 11 is 0. The molecule has 86 valence electrons. The van der Waals surface area contributed by atoms with Crippen molar-refractivity contribution in [2.24, 2.45) is 0 Å². The van der Waals surface area contributed by atoms with E-state index in [0.29, 0.717) is 6.04 Å². The number of hydrogen-bond donors (Lipinski definition) is 0. The highest BCUT2D eigenvalue weighted by Gasteiger charge is 2.11. The molecule has 2 nitrogen and oxygen atoms in total. The van der Waals surface area contributed by atoms with Crippen LogP contribution in [0.15, 0.2) is 0 Å². The van der Waals surface area contributed by atoms with Crippen molar-refractivity contribution in [3.05, 3.63) is 0 Å². The topological polar surface area (TPSA) is 12.5 Å². The second-order valence-electron chi connectivity index (χ2n) is 4.02. The molecule has 0 spiro atoms. The number of methoxy groups -OCH3 is 1. The molecule has 0 aliphatic carbocycles. The molecule has 0 saturated heterocycles. The second-order valence-corrected chi connectivity index (χ2v) is 4.02. The minimum absolute atomic E-state index is 0.713. The lowest BCUT2D eigenvalue weighted by atomic mass is 10.1. The van der Waals surface area contributed by atoms with Crippen molar-refractivity contribution in [3.63, 3.8) is 0 Å². The highest BCUT2D eigenvalue weighted by molar-refractivity contribution is 4.66. The Bertz CT molecular complexity index is 117. The summed E-state index contributed by atoms with van der Waals surface area (Å²) in [4.78, 5) is 2.54. The summed E-state index contributed by atoms with van der Waals surface area (Å²) in [7, 11) is 1.78. The first-order valence-electron chi connectivity index (χ1n) is 5.99. The zero-order valence-electron chi connectivity index (χ0n) is 10.4. The number of nitrogens with zero attached hydrogens (tertiary/aromatic N) is 1. The van der Waals surface area contributed by atoms with Crippen LogP contribution in [0.1, 0.15) is 46.5 Å². The standard InChI is InChI=1S/C12H27NO/c1-5-7-8-12(3)13(9-6-2)10-11-14-4/h12H,5-11H2,1-4H3. The van der Waals surface area contributed by atoms with E-state index in [0.717, 1.165) is 13.2 Å². The Morgan fingerprint density at radius 2 is 1.86 bits per heavy atom. The summed E-state index contributed by atoms with van der Waals surface area (Å²) in [5.74, 6) is 0. The van der Waals surface area contributed by atoms with Gasteiger partial charge in [0.15, 0.2) is 0 Å². The van der Waals surface area contributed by atoms with E-state index in [1.165, 1.54) is 32.2 Å². The van der Waals surface area contributed by atoms with Gasteiger partial charge in [-0.15, -0.1) is 0 Å². The van der Waals surface area contributed by atoms with Gasteiger partial charge in [-0.1, -0.05) is 26.7 Å². The van der Waals surface area contributed by atoms with E-state index in [1.54, 1.807) is 7.11 Å². The SMILES string of the molecule is CCCCC(C)N(CCC)CCOC. The number of unbranched alkanes of at least 4 members (excludes halogenated alkanes) is 1. The van der Waals surface area contributed by atoms with Gasteiger partial charge in [0.25, 0.3) is 0 Å². The lowest BCUT2D eigenvalue weighted by Crippen LogP contribution is -2.36. The zero-order chi connectivity index (χ0) is 10.8. The first kappa shape index (κ1) is 13.9. The summed E-state index contributed by atoms with van der Waals surface area (Å²) in [6.07, 6.45) is 5.20. The van der Waals surface area contributed by atoms with Crippen LogP contribution in [0.4, 0.5) is 0 Å². The molecule has 0 aliphatic rings. The predicted molar refractivity (Wildman–Crippen MR) is 62.7 cm³/mol. The molecule has 0 N–H and O–H groups in total. The second kappa shape index (κ2) is 9.47. The Morgan fingerprint density at radius 1 is 1.14 bits per heavy atom. The maximum atomic E-state index is 5.13. The van der Waals surface area contributed by atoms with Crippen LogP contribution in [0.5, 0.6) is 0 Å². The van der Waals surface area contributed by atoms with Crippen LogP contribution in [0.3, 0.4) is 0 Å². The molecular formula is C12H27NO. The van der Waals surface area contributed by atoms with Gasteiger partial charge in [-0.2, -0.15) is 0 Å². The van der Waals surface area contributed by atoms with Gasteiger partial charge in [-0.05, 0) is 26.3 Å². The molecule has 0 aromatic rings. The molecule has 2 heteroatoms. The molecule has 0 heterocycles. The maximum Gasteiger partial charge on any atom is 0.0589 e. The monoisotopic (exact) mass is 201 g/mol. The Hall–Kier alpha value is -0.0800. The van der Waals surface area contributed by atoms with Gasteiger partial charge in [0, 0.05) is 19.7 Å². The van der Waals surface area contributed by atoms with E-state index < -0.39 is 0 Å². The molecule has 14 heavy (non-hydrogen) atoms. The highest BCUT2D eigenvalue weighted by Crippen LogP contribution is 2.08. The zero-order valence-corrected chi connectivity index (χ0v) is 10.4. The van der Waals surface area contributed by atoms with Crippen molar-refractivity contribution < 1.29 is 4.74 Å². The first-order valence-corrected chi connectivity index (χ1v) is 5.99. The van der Waals surface area contributed by atoms with Gasteiger partial charge in [-0.25, -0.2) is 0 Å². The third-order valence-electron chi connectivity index (χ3n) is 2.69. The Balaban J connectivity index is 3.77. The van der Waals surface area contributed by atoms with E-state index >= 15 is 0 Å². The average Bonchev–Trinajstić information content (AvgIpc) is 2.20. The molecule has 0 aromatic heterocycles. The third kappa shape index (κ3) is 6.39. The van der Waals surface area contributed by atoms with Gasteiger partial charge in [-0.3, -0.25) is 4.90 Å². The minimum atomic E-state index is 0.713. The Morgan fingerprint density at radius 3 is 2.36 bits per heavy atom. The van der Waals surface area contributed by atoms with Gasteiger partial charge >= 0.3 is 0 Å². The molecule has 0 bridgehead atoms. The fraction of sp³-hybridized carbons (Fsp3) is 1.00. The molecule has 0 aromatic carbocycles. The number of rotatable bonds is 9. The van der Waals surface area contributed by atoms with Crippen LogP contribution in [0.25, 0.3) is 0 Å². The summed E-state index contributed by atoms with van der Waals surface area (Å²) < 4.78 is 5.13. The van der Waals surface area contributed by atoms with E-state index in [-0.39, 0.29) is 0 Å². The fourth-order valence-electron chi connectivity index (χ4n) is 1.73. The highest BCUT2D eigenvalue weighted by atomic mass is 16.5. The lowest BCUT2D eigenvalue weighted by Gasteiger charge is -2.28. The molecule has 1 atom stereocenters. The molecule has 0 rings (SSSR count). The largest absolute Gasteiger partial charge is 0.383 e. The predicted octanol–water partition coefficient (Wildman–Crippen LogP) is 2.92. The van der Waals surface area contributed by atoms with Crippen LogP contribution in [-0.2, 0) is 4.74 Å². The summed E-state index contributed by atoms with van der Waals surface area (Å²) in [6, 6.07) is 0.713. The van der Waals surface area contributed by atoms with Crippen molar-refractivity contribution in [1.82, 2.24) is 4.90 Å². The minimum Gasteiger partial charge on any atom is -0.383 e. The number of hydrogen-bond acceptors (Lipinski definition) is 2. The Labute approximate surface area is 89.6 Å². The summed E-state index contributed by atoms with van der Waals surface area (Å²) in [5.41, 5.74) is 0. The molecule has 0 radical (unpaired) electrons. The molecule has 0 aliphatic heterocycles. The maximum absolute atomic E-state index is 5.13. The van der Waals surface area contributed by atoms with Crippen LogP contribution < -0.4 is 0 Å². The quantitative estimate of drug-likeness (QED) is 0.569. The van der Waals surface area contributed by atoms with Gasteiger partial charge < -0.3 is 4.74 Å². The van der Waals surface area contributed by atoms with E-state index in [4.69, 9.17) is 4.74 Å². The molecule has 0 fully saturated rings. The van der Waals surface area contributed by atoms with Gasteiger partial charge in [0.1, 0.15) is 0 Å². The van der Waals surface area contributed by atoms with Crippen LogP contribution in [0.2, 0.25) is 0 Å². The van der Waals surface area contributed by atoms with E-state index in [2.05, 4.69) is 25.7 Å². The van der Waals surface area contributed by atoms with Crippen molar-refractivity contribution in [3.8, 4) is 0 Å². The summed E-state index contributed by atoms with van der Waals surface area (Å²) in [6.45, 7) is 9.97. The van der Waals surface area contributed by atoms with Crippen molar-refractivity contribution >= 4 is 0 Å². The molecular weight excluding hydrogens is 174 g/mol. The van der Waals surface area contributed by atoms with Crippen molar-refractivity contribution in [1.29, 1.82) is 0 Å². The van der Waals surface area contributed by atoms with Crippen LogP contribution >= 0.6 is 0 Å². The smallest absolute Gasteiger partial charge is 0.0589 e. The number of ether oxygens (including phenoxy) is 1. The fourth-order valence-corrected chi connectivity index (χ4v) is 1.73. The van der Waals surface area contributed by atoms with Crippen molar-refractivity contribution in [2.45, 2.75) is 52.5 Å². The van der Waals surface area contributed by atoms with Crippen LogP contribution in [-0.4, -0.2) is 37.7 Å². The Kier molecular flexibility index (Phi) is 9.42. The molecule has 1 unspecified atom stereocenters. The van der Waals surface area contributed by atoms with Crippen LogP contribution in [0, 0.1) is 0 Å².